The first-order valence-electron chi connectivity index (χ1n) is 21.5. The van der Waals surface area contributed by atoms with E-state index in [-0.39, 0.29) is 10.3 Å². The summed E-state index contributed by atoms with van der Waals surface area (Å²) < 4.78 is 31.9. The summed E-state index contributed by atoms with van der Waals surface area (Å²) in [5, 5.41) is 2.34. The maximum absolute atomic E-state index is 7.83. The van der Waals surface area contributed by atoms with E-state index in [0.29, 0.717) is 30.5 Å². The molecule has 0 N–H and O–H groups in total. The van der Waals surface area contributed by atoms with Gasteiger partial charge in [-0.3, -0.25) is 0 Å². The lowest BCUT2D eigenvalue weighted by atomic mass is 9.58. The maximum atomic E-state index is 7.83. The van der Waals surface area contributed by atoms with Gasteiger partial charge in [-0.15, -0.1) is 0 Å². The summed E-state index contributed by atoms with van der Waals surface area (Å²) in [7, 11) is 3.41. The highest BCUT2D eigenvalue weighted by molar-refractivity contribution is 8.01. The summed E-state index contributed by atoms with van der Waals surface area (Å²) in [4.78, 5) is 0.826. The number of thioether (sulfide) groups is 1. The first-order valence-corrected chi connectivity index (χ1v) is 22.3. The van der Waals surface area contributed by atoms with E-state index in [0.717, 1.165) is 52.4 Å². The average Bonchev–Trinajstić information content (AvgIpc) is 3.79. The van der Waals surface area contributed by atoms with Gasteiger partial charge in [-0.05, 0) is 101 Å². The van der Waals surface area contributed by atoms with E-state index in [9.17, 15) is 0 Å². The lowest BCUT2D eigenvalue weighted by molar-refractivity contribution is 0.0757. The molecule has 5 aromatic rings. The Bertz CT molecular complexity index is 2350. The molecule has 0 saturated heterocycles. The molecule has 1 atom stereocenters. The summed E-state index contributed by atoms with van der Waals surface area (Å²) in [6, 6.07) is 30.8. The number of hydrogen-bond acceptors (Lipinski definition) is 6. The molecular weight excluding hydrogens is 737 g/mol. The van der Waals surface area contributed by atoms with Crippen molar-refractivity contribution in [3.63, 3.8) is 0 Å². The molecule has 2 heterocycles. The summed E-state index contributed by atoms with van der Waals surface area (Å²) in [6.45, 7) is 15.0. The van der Waals surface area contributed by atoms with Crippen LogP contribution in [0.3, 0.4) is 0 Å². The van der Waals surface area contributed by atoms with Crippen molar-refractivity contribution in [2.45, 2.75) is 101 Å². The molecule has 4 aliphatic rings. The van der Waals surface area contributed by atoms with E-state index < -0.39 is 5.60 Å². The topological polar surface area (TPSA) is 46.2 Å². The summed E-state index contributed by atoms with van der Waals surface area (Å²) in [6.07, 6.45) is 11.8. The average molecular weight is 795 g/mol. The second kappa shape index (κ2) is 14.7. The number of rotatable bonds is 11. The van der Waals surface area contributed by atoms with Crippen molar-refractivity contribution >= 4 is 28.6 Å². The molecule has 0 bridgehead atoms. The Morgan fingerprint density at radius 1 is 0.724 bits per heavy atom. The van der Waals surface area contributed by atoms with E-state index in [1.807, 2.05) is 36.0 Å². The minimum absolute atomic E-state index is 0.110. The van der Waals surface area contributed by atoms with Gasteiger partial charge in [-0.25, -0.2) is 0 Å². The molecule has 9 rings (SSSR count). The van der Waals surface area contributed by atoms with Crippen LogP contribution >= 0.6 is 11.8 Å². The SMILES string of the molecule is CCC1(CC)CCC2(CC1)c1ccccc1-c1c2c2c(c3cc4c(cc13)OC(C(C)C)(C(C)C)S4)OC(c1ccc(OC)cc1)(c1ccc(OCCOC)cc1)C=C2. The van der Waals surface area contributed by atoms with Gasteiger partial charge in [0.15, 0.2) is 10.5 Å². The van der Waals surface area contributed by atoms with Crippen molar-refractivity contribution in [3.05, 3.63) is 119 Å². The van der Waals surface area contributed by atoms with Gasteiger partial charge < -0.3 is 23.7 Å². The third-order valence-corrected chi connectivity index (χ3v) is 16.4. The Morgan fingerprint density at radius 3 is 2.00 bits per heavy atom. The molecule has 5 aromatic carbocycles. The third-order valence-electron chi connectivity index (χ3n) is 14.5. The fraction of sp³-hybridized carbons (Fsp3) is 0.423. The predicted octanol–water partition coefficient (Wildman–Crippen LogP) is 13.4. The molecular formula is C52H58O5S. The van der Waals surface area contributed by atoms with E-state index in [2.05, 4.69) is 114 Å². The molecule has 6 heteroatoms. The maximum Gasteiger partial charge on any atom is 0.178 e. The van der Waals surface area contributed by atoms with Gasteiger partial charge >= 0.3 is 0 Å². The van der Waals surface area contributed by atoms with Gasteiger partial charge in [0.1, 0.15) is 29.6 Å². The molecule has 0 aromatic heterocycles. The van der Waals surface area contributed by atoms with Gasteiger partial charge in [0.2, 0.25) is 0 Å². The minimum Gasteiger partial charge on any atom is -0.497 e. The van der Waals surface area contributed by atoms with Crippen LogP contribution in [-0.4, -0.2) is 32.4 Å². The van der Waals surface area contributed by atoms with Gasteiger partial charge in [0.25, 0.3) is 0 Å². The van der Waals surface area contributed by atoms with Crippen LogP contribution in [0, 0.1) is 17.3 Å². The molecule has 0 amide bonds. The lowest BCUT2D eigenvalue weighted by Gasteiger charge is -2.47. The fourth-order valence-electron chi connectivity index (χ4n) is 10.9. The van der Waals surface area contributed by atoms with Crippen LogP contribution in [0.25, 0.3) is 28.0 Å². The van der Waals surface area contributed by atoms with Gasteiger partial charge in [0, 0.05) is 46.4 Å². The number of fused-ring (bicyclic) bond motifs is 11. The second-order valence-corrected chi connectivity index (χ2v) is 19.0. The predicted molar refractivity (Wildman–Crippen MR) is 238 cm³/mol. The Hall–Kier alpha value is -4.39. The van der Waals surface area contributed by atoms with Gasteiger partial charge in [0.05, 0.1) is 18.6 Å². The normalized spacial score (nSPS) is 20.4. The summed E-state index contributed by atoms with van der Waals surface area (Å²) in [5.41, 5.74) is 8.25. The Labute approximate surface area is 349 Å². The van der Waals surface area contributed by atoms with Crippen LogP contribution in [0.2, 0.25) is 0 Å². The van der Waals surface area contributed by atoms with E-state index in [1.54, 1.807) is 14.2 Å². The Balaban J connectivity index is 1.31. The highest BCUT2D eigenvalue weighted by Gasteiger charge is 2.52. The van der Waals surface area contributed by atoms with Crippen molar-refractivity contribution in [1.82, 2.24) is 0 Å². The molecule has 5 nitrogen and oxygen atoms in total. The van der Waals surface area contributed by atoms with E-state index in [4.69, 9.17) is 23.7 Å². The molecule has 1 unspecified atom stereocenters. The fourth-order valence-corrected chi connectivity index (χ4v) is 12.2. The first kappa shape index (κ1) is 39.1. The molecule has 58 heavy (non-hydrogen) atoms. The largest absolute Gasteiger partial charge is 0.497 e. The van der Waals surface area contributed by atoms with Crippen LogP contribution in [0.4, 0.5) is 0 Å². The molecule has 1 fully saturated rings. The van der Waals surface area contributed by atoms with Gasteiger partial charge in [-0.1, -0.05) is 121 Å². The van der Waals surface area contributed by atoms with Crippen LogP contribution in [0.5, 0.6) is 23.0 Å². The van der Waals surface area contributed by atoms with E-state index in [1.165, 1.54) is 63.8 Å². The summed E-state index contributed by atoms with van der Waals surface area (Å²) in [5.74, 6) is 4.17. The van der Waals surface area contributed by atoms with Crippen molar-refractivity contribution in [3.8, 4) is 34.1 Å². The van der Waals surface area contributed by atoms with Crippen molar-refractivity contribution in [2.75, 3.05) is 27.4 Å². The number of ether oxygens (including phenoxy) is 5. The van der Waals surface area contributed by atoms with Crippen LogP contribution < -0.4 is 18.9 Å². The van der Waals surface area contributed by atoms with Crippen LogP contribution in [-0.2, 0) is 15.8 Å². The monoisotopic (exact) mass is 794 g/mol. The molecule has 0 radical (unpaired) electrons. The minimum atomic E-state index is -0.918. The van der Waals surface area contributed by atoms with E-state index >= 15 is 0 Å². The van der Waals surface area contributed by atoms with Crippen molar-refractivity contribution in [1.29, 1.82) is 0 Å². The van der Waals surface area contributed by atoms with Crippen molar-refractivity contribution < 1.29 is 23.7 Å². The zero-order valence-electron chi connectivity index (χ0n) is 35.5. The Kier molecular flexibility index (Phi) is 9.91. The highest BCUT2D eigenvalue weighted by atomic mass is 32.2. The molecule has 302 valence electrons. The number of benzene rings is 5. The zero-order chi connectivity index (χ0) is 40.5. The standard InChI is InChI=1S/C52H58O5S/c1-9-49(10-2)25-27-50(28-26-49)43-14-12-11-13-39(43)46-41-31-44-45(58-52(56-44,33(3)4)34(5)6)32-42(41)48-40(47(46)50)23-24-51(57-48,35-15-19-37(54-8)20-16-35)36-17-21-38(22-18-36)55-30-29-53-7/h11-24,31-34H,9-10,25-30H2,1-8H3. The zero-order valence-corrected chi connectivity index (χ0v) is 36.3. The summed E-state index contributed by atoms with van der Waals surface area (Å²) >= 11 is 1.88. The molecule has 1 spiro atoms. The lowest BCUT2D eigenvalue weighted by Crippen LogP contribution is -2.40. The smallest absolute Gasteiger partial charge is 0.178 e. The third kappa shape index (κ3) is 5.83. The Morgan fingerprint density at radius 2 is 1.38 bits per heavy atom. The number of hydrogen-bond donors (Lipinski definition) is 0. The molecule has 2 aliphatic heterocycles. The van der Waals surface area contributed by atoms with Crippen LogP contribution in [0.15, 0.2) is 95.9 Å². The molecule has 2 aliphatic carbocycles. The van der Waals surface area contributed by atoms with Crippen LogP contribution in [0.1, 0.15) is 108 Å². The second-order valence-electron chi connectivity index (χ2n) is 17.7. The van der Waals surface area contributed by atoms with Gasteiger partial charge in [-0.2, -0.15) is 0 Å². The number of methoxy groups -OCH3 is 2. The highest BCUT2D eigenvalue weighted by Crippen LogP contribution is 2.66. The first-order chi connectivity index (χ1) is 28.1. The van der Waals surface area contributed by atoms with Crippen molar-refractivity contribution in [2.24, 2.45) is 17.3 Å². The quantitative estimate of drug-likeness (QED) is 0.124. The molecule has 1 saturated carbocycles.